The number of aromatic nitrogens is 3. The van der Waals surface area contributed by atoms with E-state index >= 15 is 0 Å². The van der Waals surface area contributed by atoms with Gasteiger partial charge in [-0.15, -0.1) is 16.4 Å². The maximum atomic E-state index is 13.1. The number of carbonyl (C=O) groups excluding carboxylic acids is 2. The minimum Gasteiger partial charge on any atom is -0.379 e. The molecule has 174 valence electrons. The fraction of sp³-hybridized carbons (Fsp3) is 0.217. The maximum absolute atomic E-state index is 13.1. The molecule has 2 amide bonds. The summed E-state index contributed by atoms with van der Waals surface area (Å²) in [7, 11) is 0. The lowest BCUT2D eigenvalue weighted by Crippen LogP contribution is -2.35. The molecule has 1 fully saturated rings. The number of hydrogen-bond acceptors (Lipinski definition) is 7. The number of pyridine rings is 1. The summed E-state index contributed by atoms with van der Waals surface area (Å²) in [5.74, 6) is -0.802. The van der Waals surface area contributed by atoms with Crippen LogP contribution in [0.3, 0.4) is 0 Å². The van der Waals surface area contributed by atoms with Crippen LogP contribution in [0.2, 0.25) is 0 Å². The van der Waals surface area contributed by atoms with Gasteiger partial charge in [0.25, 0.3) is 11.8 Å². The van der Waals surface area contributed by atoms with Gasteiger partial charge < -0.3 is 21.1 Å². The summed E-state index contributed by atoms with van der Waals surface area (Å²) in [5.41, 5.74) is 8.71. The molecular formula is C23H21FN6O3S. The lowest BCUT2D eigenvalue weighted by atomic mass is 10.1. The molecule has 0 saturated carbocycles. The monoisotopic (exact) mass is 480 g/mol. The molecule has 1 saturated heterocycles. The molecule has 1 atom stereocenters. The fourth-order valence-corrected chi connectivity index (χ4v) is 4.55. The number of thiophene rings is 1. The van der Waals surface area contributed by atoms with Gasteiger partial charge in [-0.1, -0.05) is 12.1 Å². The van der Waals surface area contributed by atoms with Crippen molar-refractivity contribution in [2.24, 2.45) is 0 Å². The average molecular weight is 481 g/mol. The molecule has 0 aliphatic carbocycles. The van der Waals surface area contributed by atoms with Gasteiger partial charge in [0.2, 0.25) is 5.95 Å². The molecule has 0 unspecified atom stereocenters. The molecule has 1 aliphatic heterocycles. The van der Waals surface area contributed by atoms with Crippen LogP contribution in [0.5, 0.6) is 0 Å². The number of amides is 2. The van der Waals surface area contributed by atoms with Crippen LogP contribution in [-0.2, 0) is 11.3 Å². The van der Waals surface area contributed by atoms with Crippen molar-refractivity contribution in [3.63, 3.8) is 0 Å². The Kier molecular flexibility index (Phi) is 5.95. The van der Waals surface area contributed by atoms with Crippen molar-refractivity contribution in [3.05, 3.63) is 69.8 Å². The second kappa shape index (κ2) is 9.20. The first-order chi connectivity index (χ1) is 16.5. The van der Waals surface area contributed by atoms with E-state index in [-0.39, 0.29) is 36.2 Å². The van der Waals surface area contributed by atoms with Gasteiger partial charge in [0.1, 0.15) is 5.82 Å². The topological polar surface area (TPSA) is 124 Å². The number of nitrogens with two attached hydrogens (primary N) is 1. The van der Waals surface area contributed by atoms with Gasteiger partial charge in [0.15, 0.2) is 5.65 Å². The highest BCUT2D eigenvalue weighted by atomic mass is 32.1. The SMILES string of the molecule is Nc1nc2c(C(=O)N[C@H]3CCOC3)cc(-c3csc(C(=O)NCc4ccc(F)cc4)c3)cn2n1. The van der Waals surface area contributed by atoms with Gasteiger partial charge in [-0.05, 0) is 47.2 Å². The summed E-state index contributed by atoms with van der Waals surface area (Å²) in [5, 5.41) is 11.8. The van der Waals surface area contributed by atoms with Crippen molar-refractivity contribution in [1.82, 2.24) is 25.2 Å². The highest BCUT2D eigenvalue weighted by Gasteiger charge is 2.22. The first-order valence-electron chi connectivity index (χ1n) is 10.6. The van der Waals surface area contributed by atoms with Crippen molar-refractivity contribution in [1.29, 1.82) is 0 Å². The smallest absolute Gasteiger partial charge is 0.261 e. The van der Waals surface area contributed by atoms with Crippen LogP contribution in [0.25, 0.3) is 16.8 Å². The molecule has 9 nitrogen and oxygen atoms in total. The molecular weight excluding hydrogens is 459 g/mol. The van der Waals surface area contributed by atoms with E-state index in [0.717, 1.165) is 17.5 Å². The molecule has 34 heavy (non-hydrogen) atoms. The van der Waals surface area contributed by atoms with E-state index in [1.165, 1.54) is 28.0 Å². The number of nitrogen functional groups attached to an aromatic ring is 1. The van der Waals surface area contributed by atoms with E-state index < -0.39 is 0 Å². The second-order valence-electron chi connectivity index (χ2n) is 7.92. The van der Waals surface area contributed by atoms with Crippen LogP contribution in [-0.4, -0.2) is 45.7 Å². The van der Waals surface area contributed by atoms with Gasteiger partial charge in [0.05, 0.1) is 23.1 Å². The maximum Gasteiger partial charge on any atom is 0.261 e. The minimum atomic E-state index is -0.325. The van der Waals surface area contributed by atoms with Gasteiger partial charge in [-0.25, -0.2) is 8.91 Å². The number of fused-ring (bicyclic) bond motifs is 1. The van der Waals surface area contributed by atoms with E-state index in [0.29, 0.717) is 34.9 Å². The summed E-state index contributed by atoms with van der Waals surface area (Å²) < 4.78 is 19.9. The predicted molar refractivity (Wildman–Crippen MR) is 125 cm³/mol. The zero-order chi connectivity index (χ0) is 23.7. The van der Waals surface area contributed by atoms with Crippen molar-refractivity contribution < 1.29 is 18.7 Å². The largest absolute Gasteiger partial charge is 0.379 e. The van der Waals surface area contributed by atoms with Crippen LogP contribution in [0, 0.1) is 5.82 Å². The summed E-state index contributed by atoms with van der Waals surface area (Å²) >= 11 is 1.28. The number of halogens is 1. The van der Waals surface area contributed by atoms with Crippen molar-refractivity contribution in [2.45, 2.75) is 19.0 Å². The lowest BCUT2D eigenvalue weighted by Gasteiger charge is -2.12. The highest BCUT2D eigenvalue weighted by molar-refractivity contribution is 7.12. The Morgan fingerprint density at radius 2 is 2.03 bits per heavy atom. The molecule has 0 radical (unpaired) electrons. The number of hydrogen-bond donors (Lipinski definition) is 3. The molecule has 4 N–H and O–H groups in total. The Balaban J connectivity index is 1.38. The molecule has 1 aromatic carbocycles. The Hall–Kier alpha value is -3.83. The lowest BCUT2D eigenvalue weighted by molar-refractivity contribution is 0.0928. The van der Waals surface area contributed by atoms with Crippen LogP contribution < -0.4 is 16.4 Å². The molecule has 4 heterocycles. The zero-order valence-electron chi connectivity index (χ0n) is 18.0. The Morgan fingerprint density at radius 3 is 2.79 bits per heavy atom. The molecule has 3 aromatic heterocycles. The molecule has 5 rings (SSSR count). The standard InChI is InChI=1S/C23H21FN6O3S/c24-16-3-1-13(2-4-16)9-26-22(32)19-8-15(12-34-19)14-7-18(20-28-23(25)29-30(20)10-14)21(31)27-17-5-6-33-11-17/h1-4,7-8,10,12,17H,5-6,9,11H2,(H2,25,29)(H,26,32)(H,27,31)/t17-/m0/s1. The van der Waals surface area contributed by atoms with E-state index in [1.807, 2.05) is 5.38 Å². The normalized spacial score (nSPS) is 15.5. The van der Waals surface area contributed by atoms with E-state index in [9.17, 15) is 14.0 Å². The highest BCUT2D eigenvalue weighted by Crippen LogP contribution is 2.28. The molecule has 4 aromatic rings. The second-order valence-corrected chi connectivity index (χ2v) is 8.83. The van der Waals surface area contributed by atoms with Gasteiger partial charge >= 0.3 is 0 Å². The van der Waals surface area contributed by atoms with Gasteiger partial charge in [0, 0.05) is 24.9 Å². The number of ether oxygens (including phenoxy) is 1. The summed E-state index contributed by atoms with van der Waals surface area (Å²) in [6.07, 6.45) is 2.47. The van der Waals surface area contributed by atoms with Crippen LogP contribution in [0.1, 0.15) is 32.0 Å². The first kappa shape index (κ1) is 22.0. The third-order valence-electron chi connectivity index (χ3n) is 5.48. The predicted octanol–water partition coefficient (Wildman–Crippen LogP) is 2.63. The van der Waals surface area contributed by atoms with Gasteiger partial charge in [-0.2, -0.15) is 4.98 Å². The number of rotatable bonds is 6. The third-order valence-corrected chi connectivity index (χ3v) is 6.41. The summed E-state index contributed by atoms with van der Waals surface area (Å²) in [6.45, 7) is 1.36. The van der Waals surface area contributed by atoms with Crippen LogP contribution >= 0.6 is 11.3 Å². The van der Waals surface area contributed by atoms with E-state index in [4.69, 9.17) is 10.5 Å². The minimum absolute atomic E-state index is 0.0570. The summed E-state index contributed by atoms with van der Waals surface area (Å²) in [6, 6.07) is 9.36. The number of nitrogens with one attached hydrogen (secondary N) is 2. The Morgan fingerprint density at radius 1 is 1.21 bits per heavy atom. The molecule has 1 aliphatic rings. The number of anilines is 1. The molecule has 0 bridgehead atoms. The quantitative estimate of drug-likeness (QED) is 0.390. The summed E-state index contributed by atoms with van der Waals surface area (Å²) in [4.78, 5) is 30.3. The zero-order valence-corrected chi connectivity index (χ0v) is 18.8. The molecule has 0 spiro atoms. The Bertz CT molecular complexity index is 1360. The average Bonchev–Trinajstić information content (AvgIpc) is 3.58. The van der Waals surface area contributed by atoms with E-state index in [1.54, 1.807) is 30.5 Å². The van der Waals surface area contributed by atoms with Gasteiger partial charge in [-0.3, -0.25) is 9.59 Å². The molecule has 11 heteroatoms. The number of nitrogens with zero attached hydrogens (tertiary/aromatic N) is 3. The van der Waals surface area contributed by atoms with Crippen molar-refractivity contribution in [2.75, 3.05) is 18.9 Å². The van der Waals surface area contributed by atoms with Crippen molar-refractivity contribution >= 4 is 34.7 Å². The number of carbonyl (C=O) groups is 2. The third kappa shape index (κ3) is 4.61. The van der Waals surface area contributed by atoms with E-state index in [2.05, 4.69) is 20.7 Å². The number of benzene rings is 1. The van der Waals surface area contributed by atoms with Crippen LogP contribution in [0.15, 0.2) is 48.0 Å². The Labute approximate surface area is 197 Å². The van der Waals surface area contributed by atoms with Crippen molar-refractivity contribution in [3.8, 4) is 11.1 Å². The van der Waals surface area contributed by atoms with Crippen LogP contribution in [0.4, 0.5) is 10.3 Å². The first-order valence-corrected chi connectivity index (χ1v) is 11.5. The fourth-order valence-electron chi connectivity index (χ4n) is 3.72.